The summed E-state index contributed by atoms with van der Waals surface area (Å²) in [5.41, 5.74) is 7.31. The second kappa shape index (κ2) is 8.14. The molecule has 0 spiro atoms. The van der Waals surface area contributed by atoms with E-state index in [1.807, 2.05) is 0 Å². The van der Waals surface area contributed by atoms with Crippen LogP contribution < -0.4 is 0 Å². The first-order valence-corrected chi connectivity index (χ1v) is 10.9. The third-order valence-electron chi connectivity index (χ3n) is 4.51. The van der Waals surface area contributed by atoms with Gasteiger partial charge in [-0.05, 0) is 69.8 Å². The van der Waals surface area contributed by atoms with Crippen molar-refractivity contribution in [3.05, 3.63) is 104 Å². The molecule has 4 rings (SSSR count). The number of benzene rings is 4. The molecule has 3 heteroatoms. The molecule has 0 nitrogen and oxygen atoms in total. The van der Waals surface area contributed by atoms with Crippen LogP contribution in [-0.4, -0.2) is 0 Å². The van der Waals surface area contributed by atoms with E-state index in [4.69, 9.17) is 0 Å². The van der Waals surface area contributed by atoms with Crippen LogP contribution in [0.1, 0.15) is 0 Å². The van der Waals surface area contributed by atoms with Crippen LogP contribution in [0.4, 0.5) is 0 Å². The van der Waals surface area contributed by atoms with Gasteiger partial charge >= 0.3 is 0 Å². The van der Waals surface area contributed by atoms with Crippen molar-refractivity contribution in [3.63, 3.8) is 0 Å². The second-order valence-corrected chi connectivity index (χ2v) is 9.00. The maximum absolute atomic E-state index is 3.55. The Balaban J connectivity index is 1.99. The molecule has 0 aliphatic rings. The predicted octanol–water partition coefficient (Wildman–Crippen LogP) is 8.98. The van der Waals surface area contributed by atoms with Gasteiger partial charge < -0.3 is 0 Å². The predicted molar refractivity (Wildman–Crippen MR) is 126 cm³/mol. The molecule has 132 valence electrons. The minimum atomic E-state index is 1.08. The van der Waals surface area contributed by atoms with Crippen molar-refractivity contribution in [2.45, 2.75) is 0 Å². The zero-order valence-electron chi connectivity index (χ0n) is 14.3. The van der Waals surface area contributed by atoms with E-state index in [9.17, 15) is 0 Å². The lowest BCUT2D eigenvalue weighted by Gasteiger charge is -2.16. The summed E-state index contributed by atoms with van der Waals surface area (Å²) in [7, 11) is 0. The summed E-state index contributed by atoms with van der Waals surface area (Å²) >= 11 is 10.6. The van der Waals surface area contributed by atoms with Gasteiger partial charge in [-0.1, -0.05) is 102 Å². The van der Waals surface area contributed by atoms with Gasteiger partial charge in [0.15, 0.2) is 0 Å². The highest BCUT2D eigenvalue weighted by Crippen LogP contribution is 2.40. The van der Waals surface area contributed by atoms with Crippen molar-refractivity contribution in [1.82, 2.24) is 0 Å². The molecule has 0 aliphatic heterocycles. The first kappa shape index (κ1) is 18.7. The Hall–Kier alpha value is -1.68. The highest BCUT2D eigenvalue weighted by Gasteiger charge is 2.14. The summed E-state index contributed by atoms with van der Waals surface area (Å²) in [6, 6.07) is 32.1. The minimum Gasteiger partial charge on any atom is -0.0610 e. The second-order valence-electron chi connectivity index (χ2n) is 6.25. The highest BCUT2D eigenvalue weighted by molar-refractivity contribution is 9.11. The summed E-state index contributed by atoms with van der Waals surface area (Å²) in [4.78, 5) is 0. The summed E-state index contributed by atoms with van der Waals surface area (Å²) in [6.45, 7) is 0. The quantitative estimate of drug-likeness (QED) is 0.242. The molecule has 0 amide bonds. The topological polar surface area (TPSA) is 0 Å². The van der Waals surface area contributed by atoms with E-state index in [1.165, 1.54) is 33.4 Å². The maximum atomic E-state index is 3.55. The summed E-state index contributed by atoms with van der Waals surface area (Å²) in [5, 5.41) is 0. The van der Waals surface area contributed by atoms with Gasteiger partial charge in [0.1, 0.15) is 0 Å². The molecular formula is C24H15Br3. The van der Waals surface area contributed by atoms with Gasteiger partial charge in [-0.15, -0.1) is 0 Å². The lowest BCUT2D eigenvalue weighted by Crippen LogP contribution is -1.90. The van der Waals surface area contributed by atoms with Crippen LogP contribution >= 0.6 is 47.8 Å². The standard InChI is InChI=1S/C24H15Br3/c25-19-10-4-16(5-11-19)22-2-1-3-23(17-6-12-20(26)13-7-17)24(22)18-8-14-21(27)15-9-18/h1-15H. The Kier molecular flexibility index (Phi) is 5.63. The third-order valence-corrected chi connectivity index (χ3v) is 6.09. The average Bonchev–Trinajstić information content (AvgIpc) is 2.69. The fourth-order valence-electron chi connectivity index (χ4n) is 3.22. The van der Waals surface area contributed by atoms with Crippen molar-refractivity contribution in [3.8, 4) is 33.4 Å². The Morgan fingerprint density at radius 3 is 1.07 bits per heavy atom. The fraction of sp³-hybridized carbons (Fsp3) is 0. The SMILES string of the molecule is Brc1ccc(-c2cccc(-c3ccc(Br)cc3)c2-c2ccc(Br)cc2)cc1. The molecule has 0 aliphatic carbocycles. The van der Waals surface area contributed by atoms with Crippen LogP contribution in [0.25, 0.3) is 33.4 Å². The molecular weight excluding hydrogens is 528 g/mol. The van der Waals surface area contributed by atoms with Crippen LogP contribution in [0.15, 0.2) is 104 Å². The van der Waals surface area contributed by atoms with Crippen LogP contribution in [0, 0.1) is 0 Å². The number of rotatable bonds is 3. The molecule has 4 aromatic carbocycles. The number of halogens is 3. The van der Waals surface area contributed by atoms with Crippen LogP contribution in [-0.2, 0) is 0 Å². The molecule has 0 bridgehead atoms. The van der Waals surface area contributed by atoms with Gasteiger partial charge in [0.2, 0.25) is 0 Å². The molecule has 0 aromatic heterocycles. The van der Waals surface area contributed by atoms with E-state index in [1.54, 1.807) is 0 Å². The third kappa shape index (κ3) is 4.11. The normalized spacial score (nSPS) is 10.8. The first-order chi connectivity index (χ1) is 13.1. The zero-order chi connectivity index (χ0) is 18.8. The van der Waals surface area contributed by atoms with Gasteiger partial charge in [0, 0.05) is 13.4 Å². The molecule has 0 radical (unpaired) electrons. The van der Waals surface area contributed by atoms with Gasteiger partial charge in [-0.2, -0.15) is 0 Å². The van der Waals surface area contributed by atoms with E-state index < -0.39 is 0 Å². The Morgan fingerprint density at radius 2 is 0.704 bits per heavy atom. The summed E-state index contributed by atoms with van der Waals surface area (Å²) < 4.78 is 3.25. The molecule has 27 heavy (non-hydrogen) atoms. The van der Waals surface area contributed by atoms with Crippen LogP contribution in [0.5, 0.6) is 0 Å². The van der Waals surface area contributed by atoms with E-state index in [-0.39, 0.29) is 0 Å². The van der Waals surface area contributed by atoms with Gasteiger partial charge in [-0.3, -0.25) is 0 Å². The maximum Gasteiger partial charge on any atom is 0.0175 e. The van der Waals surface area contributed by atoms with Crippen molar-refractivity contribution >= 4 is 47.8 Å². The lowest BCUT2D eigenvalue weighted by atomic mass is 9.88. The van der Waals surface area contributed by atoms with E-state index in [2.05, 4.69) is 139 Å². The van der Waals surface area contributed by atoms with E-state index >= 15 is 0 Å². The minimum absolute atomic E-state index is 1.08. The molecule has 0 unspecified atom stereocenters. The molecule has 0 heterocycles. The van der Waals surface area contributed by atoms with Crippen molar-refractivity contribution in [1.29, 1.82) is 0 Å². The average molecular weight is 543 g/mol. The first-order valence-electron chi connectivity index (χ1n) is 8.53. The number of hydrogen-bond donors (Lipinski definition) is 0. The summed E-state index contributed by atoms with van der Waals surface area (Å²) in [6.07, 6.45) is 0. The molecule has 4 aromatic rings. The monoisotopic (exact) mass is 540 g/mol. The molecule has 0 N–H and O–H groups in total. The van der Waals surface area contributed by atoms with Crippen LogP contribution in [0.2, 0.25) is 0 Å². The van der Waals surface area contributed by atoms with Crippen LogP contribution in [0.3, 0.4) is 0 Å². The Bertz CT molecular complexity index is 1000. The Labute approximate surface area is 184 Å². The van der Waals surface area contributed by atoms with Gasteiger partial charge in [0.25, 0.3) is 0 Å². The molecule has 0 fully saturated rings. The highest BCUT2D eigenvalue weighted by atomic mass is 79.9. The van der Waals surface area contributed by atoms with Crippen molar-refractivity contribution < 1.29 is 0 Å². The smallest absolute Gasteiger partial charge is 0.0175 e. The summed E-state index contributed by atoms with van der Waals surface area (Å²) in [5.74, 6) is 0. The molecule has 0 atom stereocenters. The lowest BCUT2D eigenvalue weighted by molar-refractivity contribution is 1.54. The fourth-order valence-corrected chi connectivity index (χ4v) is 4.01. The molecule has 0 saturated heterocycles. The van der Waals surface area contributed by atoms with Crippen molar-refractivity contribution in [2.24, 2.45) is 0 Å². The van der Waals surface area contributed by atoms with Gasteiger partial charge in [0.05, 0.1) is 0 Å². The van der Waals surface area contributed by atoms with Gasteiger partial charge in [-0.25, -0.2) is 0 Å². The number of hydrogen-bond acceptors (Lipinski definition) is 0. The van der Waals surface area contributed by atoms with E-state index in [0.717, 1.165) is 13.4 Å². The Morgan fingerprint density at radius 1 is 0.370 bits per heavy atom. The zero-order valence-corrected chi connectivity index (χ0v) is 19.1. The van der Waals surface area contributed by atoms with Crippen molar-refractivity contribution in [2.75, 3.05) is 0 Å². The van der Waals surface area contributed by atoms with E-state index in [0.29, 0.717) is 0 Å². The molecule has 0 saturated carbocycles. The largest absolute Gasteiger partial charge is 0.0610 e.